The van der Waals surface area contributed by atoms with Crippen molar-refractivity contribution in [1.29, 1.82) is 0 Å². The van der Waals surface area contributed by atoms with Gasteiger partial charge in [0.05, 0.1) is 6.04 Å². The highest BCUT2D eigenvalue weighted by Crippen LogP contribution is 2.37. The Kier molecular flexibility index (Phi) is 4.70. The number of hydrogen-bond acceptors (Lipinski definition) is 3. The molecule has 0 aliphatic carbocycles. The van der Waals surface area contributed by atoms with Gasteiger partial charge in [0.25, 0.3) is 0 Å². The SMILES string of the molecule is CC(=O)N[C@H](c1cnccc1N(C)C)c1cc2ccccc2c2ccccc12. The van der Waals surface area contributed by atoms with Crippen LogP contribution in [0.2, 0.25) is 0 Å². The first-order valence-corrected chi connectivity index (χ1v) is 9.35. The average Bonchev–Trinajstić information content (AvgIpc) is 2.71. The normalized spacial score (nSPS) is 12.1. The minimum absolute atomic E-state index is 0.0733. The van der Waals surface area contributed by atoms with Gasteiger partial charge in [0.15, 0.2) is 0 Å². The maximum Gasteiger partial charge on any atom is 0.217 e. The molecule has 0 aliphatic heterocycles. The molecule has 1 amide bonds. The summed E-state index contributed by atoms with van der Waals surface area (Å²) in [6.07, 6.45) is 3.63. The van der Waals surface area contributed by atoms with E-state index in [1.807, 2.05) is 38.5 Å². The summed E-state index contributed by atoms with van der Waals surface area (Å²) in [6, 6.07) is 20.6. The Hall–Kier alpha value is -3.40. The molecule has 4 rings (SSSR count). The van der Waals surface area contributed by atoms with Gasteiger partial charge < -0.3 is 10.2 Å². The molecule has 4 nitrogen and oxygen atoms in total. The molecular weight excluding hydrogens is 346 g/mol. The molecule has 0 unspecified atom stereocenters. The van der Waals surface area contributed by atoms with Crippen LogP contribution in [0.5, 0.6) is 0 Å². The van der Waals surface area contributed by atoms with Crippen LogP contribution in [0.15, 0.2) is 73.1 Å². The van der Waals surface area contributed by atoms with Crippen LogP contribution >= 0.6 is 0 Å². The molecule has 140 valence electrons. The van der Waals surface area contributed by atoms with E-state index in [-0.39, 0.29) is 11.9 Å². The molecule has 1 aromatic heterocycles. The Morgan fingerprint density at radius 3 is 2.32 bits per heavy atom. The van der Waals surface area contributed by atoms with Crippen LogP contribution < -0.4 is 10.2 Å². The summed E-state index contributed by atoms with van der Waals surface area (Å²) >= 11 is 0. The highest BCUT2D eigenvalue weighted by molar-refractivity contribution is 6.09. The third-order valence-corrected chi connectivity index (χ3v) is 5.08. The zero-order valence-corrected chi connectivity index (χ0v) is 16.3. The molecule has 0 radical (unpaired) electrons. The van der Waals surface area contributed by atoms with Crippen LogP contribution in [0.3, 0.4) is 0 Å². The summed E-state index contributed by atoms with van der Waals surface area (Å²) in [5.41, 5.74) is 3.08. The predicted octanol–water partition coefficient (Wildman–Crippen LogP) is 4.68. The molecule has 0 saturated heterocycles. The average molecular weight is 369 g/mol. The van der Waals surface area contributed by atoms with Gasteiger partial charge in [0, 0.05) is 44.7 Å². The van der Waals surface area contributed by atoms with Crippen molar-refractivity contribution in [1.82, 2.24) is 10.3 Å². The maximum atomic E-state index is 12.1. The van der Waals surface area contributed by atoms with Crippen LogP contribution in [-0.4, -0.2) is 25.0 Å². The van der Waals surface area contributed by atoms with Crippen LogP contribution in [0.1, 0.15) is 24.1 Å². The highest BCUT2D eigenvalue weighted by atomic mass is 16.1. The van der Waals surface area contributed by atoms with Gasteiger partial charge >= 0.3 is 0 Å². The minimum Gasteiger partial charge on any atom is -0.377 e. The summed E-state index contributed by atoms with van der Waals surface area (Å²) in [5, 5.41) is 7.84. The zero-order chi connectivity index (χ0) is 19.7. The van der Waals surface area contributed by atoms with Crippen molar-refractivity contribution in [3.8, 4) is 0 Å². The summed E-state index contributed by atoms with van der Waals surface area (Å²) in [5.74, 6) is -0.0733. The number of carbonyl (C=O) groups excluding carboxylic acids is 1. The van der Waals surface area contributed by atoms with Gasteiger partial charge in [-0.1, -0.05) is 48.5 Å². The van der Waals surface area contributed by atoms with Crippen LogP contribution in [0, 0.1) is 0 Å². The predicted molar refractivity (Wildman–Crippen MR) is 116 cm³/mol. The lowest BCUT2D eigenvalue weighted by Gasteiger charge is -2.26. The molecule has 0 spiro atoms. The lowest BCUT2D eigenvalue weighted by Crippen LogP contribution is -2.28. The van der Waals surface area contributed by atoms with Crippen LogP contribution in [0.25, 0.3) is 21.5 Å². The van der Waals surface area contributed by atoms with E-state index in [1.54, 1.807) is 13.1 Å². The van der Waals surface area contributed by atoms with Crippen molar-refractivity contribution in [2.24, 2.45) is 0 Å². The van der Waals surface area contributed by atoms with Gasteiger partial charge in [-0.05, 0) is 39.2 Å². The van der Waals surface area contributed by atoms with Crippen molar-refractivity contribution in [2.45, 2.75) is 13.0 Å². The standard InChI is InChI=1S/C24H23N3O/c1-16(28)26-24(22-15-25-13-12-23(22)27(2)3)21-14-17-8-4-5-9-18(17)19-10-6-7-11-20(19)21/h4-15,24H,1-3H3,(H,26,28)/t24-/m0/s1. The molecule has 0 aliphatic rings. The second-order valence-corrected chi connectivity index (χ2v) is 7.19. The van der Waals surface area contributed by atoms with Gasteiger partial charge in [-0.25, -0.2) is 0 Å². The molecule has 1 N–H and O–H groups in total. The van der Waals surface area contributed by atoms with Gasteiger partial charge in [0.1, 0.15) is 0 Å². The number of hydrogen-bond donors (Lipinski definition) is 1. The second-order valence-electron chi connectivity index (χ2n) is 7.19. The fourth-order valence-electron chi connectivity index (χ4n) is 3.88. The number of fused-ring (bicyclic) bond motifs is 3. The minimum atomic E-state index is -0.293. The Bertz CT molecular complexity index is 1170. The van der Waals surface area contributed by atoms with Gasteiger partial charge in [-0.2, -0.15) is 0 Å². The number of amides is 1. The molecule has 4 heteroatoms. The smallest absolute Gasteiger partial charge is 0.217 e. The number of carbonyl (C=O) groups is 1. The topological polar surface area (TPSA) is 45.2 Å². The third kappa shape index (κ3) is 3.18. The van der Waals surface area contributed by atoms with E-state index >= 15 is 0 Å². The number of pyridine rings is 1. The van der Waals surface area contributed by atoms with E-state index < -0.39 is 0 Å². The largest absolute Gasteiger partial charge is 0.377 e. The van der Waals surface area contributed by atoms with Crippen molar-refractivity contribution in [2.75, 3.05) is 19.0 Å². The molecule has 0 saturated carbocycles. The number of nitrogens with one attached hydrogen (secondary N) is 1. The number of benzene rings is 3. The summed E-state index contributed by atoms with van der Waals surface area (Å²) in [7, 11) is 4.00. The summed E-state index contributed by atoms with van der Waals surface area (Å²) in [4.78, 5) is 18.5. The van der Waals surface area contributed by atoms with Crippen LogP contribution in [-0.2, 0) is 4.79 Å². The third-order valence-electron chi connectivity index (χ3n) is 5.08. The van der Waals surface area contributed by atoms with E-state index in [0.29, 0.717) is 0 Å². The van der Waals surface area contributed by atoms with Crippen molar-refractivity contribution in [3.05, 3.63) is 84.2 Å². The number of rotatable bonds is 4. The molecule has 28 heavy (non-hydrogen) atoms. The Labute approximate surface area is 164 Å². The lowest BCUT2D eigenvalue weighted by atomic mass is 9.90. The molecule has 3 aromatic carbocycles. The second kappa shape index (κ2) is 7.31. The van der Waals surface area contributed by atoms with Crippen molar-refractivity contribution < 1.29 is 4.79 Å². The molecular formula is C24H23N3O. The quantitative estimate of drug-likeness (QED) is 0.531. The highest BCUT2D eigenvalue weighted by Gasteiger charge is 2.22. The molecule has 1 heterocycles. The maximum absolute atomic E-state index is 12.1. The van der Waals surface area contributed by atoms with E-state index in [1.165, 1.54) is 10.8 Å². The summed E-state index contributed by atoms with van der Waals surface area (Å²) < 4.78 is 0. The van der Waals surface area contributed by atoms with Gasteiger partial charge in [-0.3, -0.25) is 9.78 Å². The molecule has 0 fully saturated rings. The first-order chi connectivity index (χ1) is 13.6. The summed E-state index contributed by atoms with van der Waals surface area (Å²) in [6.45, 7) is 1.56. The fourth-order valence-corrected chi connectivity index (χ4v) is 3.88. The van der Waals surface area contributed by atoms with E-state index in [2.05, 4.69) is 57.7 Å². The Morgan fingerprint density at radius 1 is 0.929 bits per heavy atom. The lowest BCUT2D eigenvalue weighted by molar-refractivity contribution is -0.119. The molecule has 1 atom stereocenters. The van der Waals surface area contributed by atoms with Gasteiger partial charge in [0.2, 0.25) is 5.91 Å². The van der Waals surface area contributed by atoms with E-state index in [0.717, 1.165) is 27.6 Å². The zero-order valence-electron chi connectivity index (χ0n) is 16.3. The number of nitrogens with zero attached hydrogens (tertiary/aromatic N) is 2. The fraction of sp³-hybridized carbons (Fsp3) is 0.167. The van der Waals surface area contributed by atoms with Crippen molar-refractivity contribution in [3.63, 3.8) is 0 Å². The number of anilines is 1. The molecule has 0 bridgehead atoms. The Morgan fingerprint density at radius 2 is 1.61 bits per heavy atom. The molecule has 4 aromatic rings. The first kappa shape index (κ1) is 18.0. The number of aromatic nitrogens is 1. The first-order valence-electron chi connectivity index (χ1n) is 9.35. The van der Waals surface area contributed by atoms with E-state index in [4.69, 9.17) is 0 Å². The van der Waals surface area contributed by atoms with Crippen molar-refractivity contribution >= 4 is 33.1 Å². The van der Waals surface area contributed by atoms with Crippen LogP contribution in [0.4, 0.5) is 5.69 Å². The monoisotopic (exact) mass is 369 g/mol. The van der Waals surface area contributed by atoms with E-state index in [9.17, 15) is 4.79 Å². The van der Waals surface area contributed by atoms with Gasteiger partial charge in [-0.15, -0.1) is 0 Å². The Balaban J connectivity index is 2.05.